The molecule has 0 saturated heterocycles. The summed E-state index contributed by atoms with van der Waals surface area (Å²) in [7, 11) is 0. The van der Waals surface area contributed by atoms with Gasteiger partial charge in [-0.2, -0.15) is 0 Å². The summed E-state index contributed by atoms with van der Waals surface area (Å²) in [6, 6.07) is 10.6. The van der Waals surface area contributed by atoms with Crippen LogP contribution in [0.4, 0.5) is 0 Å². The summed E-state index contributed by atoms with van der Waals surface area (Å²) in [5.41, 5.74) is 14.4. The van der Waals surface area contributed by atoms with Crippen molar-refractivity contribution in [3.8, 4) is 0 Å². The molecule has 2 nitrogen and oxygen atoms in total. The molecule has 0 unspecified atom stereocenters. The Morgan fingerprint density at radius 1 is 1.33 bits per heavy atom. The first-order valence-electron chi connectivity index (χ1n) is 6.29. The average Bonchev–Trinajstić information content (AvgIpc) is 3.10. The number of allylic oxidation sites excluding steroid dienone is 3. The van der Waals surface area contributed by atoms with Crippen molar-refractivity contribution >= 4 is 0 Å². The number of hydrogen-bond donors (Lipinski definition) is 2. The minimum absolute atomic E-state index is 0.541. The summed E-state index contributed by atoms with van der Waals surface area (Å²) >= 11 is 0. The lowest BCUT2D eigenvalue weighted by atomic mass is 10.0. The molecule has 1 aromatic carbocycles. The summed E-state index contributed by atoms with van der Waals surface area (Å²) in [6.45, 7) is 3.85. The van der Waals surface area contributed by atoms with Crippen LogP contribution in [0.2, 0.25) is 0 Å². The van der Waals surface area contributed by atoms with Gasteiger partial charge in [-0.05, 0) is 48.1 Å². The molecule has 2 rings (SSSR count). The first-order chi connectivity index (χ1) is 8.72. The molecule has 0 bridgehead atoms. The zero-order valence-corrected chi connectivity index (χ0v) is 10.5. The maximum absolute atomic E-state index is 5.84. The lowest BCUT2D eigenvalue weighted by Gasteiger charge is -2.06. The third kappa shape index (κ3) is 3.04. The first-order valence-corrected chi connectivity index (χ1v) is 6.29. The molecule has 18 heavy (non-hydrogen) atoms. The SMILES string of the molecule is C=C(N)/C(=C\C=C/N)[C@H]1C[C@H]1Cc1ccccc1. The summed E-state index contributed by atoms with van der Waals surface area (Å²) in [4.78, 5) is 0. The number of hydrogen-bond acceptors (Lipinski definition) is 2. The Bertz CT molecular complexity index is 471. The Morgan fingerprint density at radius 3 is 2.67 bits per heavy atom. The van der Waals surface area contributed by atoms with Crippen LogP contribution in [-0.2, 0) is 6.42 Å². The molecule has 0 heterocycles. The van der Waals surface area contributed by atoms with Crippen LogP contribution in [0.25, 0.3) is 0 Å². The molecule has 0 amide bonds. The Balaban J connectivity index is 1.99. The Hall–Kier alpha value is -1.96. The molecule has 1 saturated carbocycles. The third-order valence-electron chi connectivity index (χ3n) is 3.42. The van der Waals surface area contributed by atoms with Gasteiger partial charge >= 0.3 is 0 Å². The van der Waals surface area contributed by atoms with E-state index in [2.05, 4.69) is 30.8 Å². The van der Waals surface area contributed by atoms with Gasteiger partial charge < -0.3 is 11.5 Å². The Labute approximate surface area is 109 Å². The van der Waals surface area contributed by atoms with E-state index in [4.69, 9.17) is 11.5 Å². The first kappa shape index (κ1) is 12.5. The normalized spacial score (nSPS) is 23.2. The monoisotopic (exact) mass is 240 g/mol. The van der Waals surface area contributed by atoms with Crippen molar-refractivity contribution in [3.05, 3.63) is 72.1 Å². The van der Waals surface area contributed by atoms with Crippen LogP contribution in [0.3, 0.4) is 0 Å². The fraction of sp³-hybridized carbons (Fsp3) is 0.250. The highest BCUT2D eigenvalue weighted by Gasteiger charge is 2.39. The molecular formula is C16H20N2. The average molecular weight is 240 g/mol. The maximum Gasteiger partial charge on any atom is 0.0276 e. The molecule has 1 aliphatic carbocycles. The van der Waals surface area contributed by atoms with E-state index in [1.165, 1.54) is 18.2 Å². The second-order valence-corrected chi connectivity index (χ2v) is 4.82. The fourth-order valence-corrected chi connectivity index (χ4v) is 2.40. The third-order valence-corrected chi connectivity index (χ3v) is 3.42. The summed E-state index contributed by atoms with van der Waals surface area (Å²) in [6.07, 6.45) is 7.64. The molecule has 0 radical (unpaired) electrons. The van der Waals surface area contributed by atoms with E-state index in [0.717, 1.165) is 12.0 Å². The molecular weight excluding hydrogens is 220 g/mol. The van der Waals surface area contributed by atoms with Gasteiger partial charge in [0, 0.05) is 5.70 Å². The lowest BCUT2D eigenvalue weighted by Crippen LogP contribution is -2.03. The predicted molar refractivity (Wildman–Crippen MR) is 76.5 cm³/mol. The molecule has 1 aromatic rings. The zero-order chi connectivity index (χ0) is 13.0. The van der Waals surface area contributed by atoms with Crippen molar-refractivity contribution in [2.45, 2.75) is 12.8 Å². The van der Waals surface area contributed by atoms with Crippen LogP contribution in [0.1, 0.15) is 12.0 Å². The number of nitrogens with two attached hydrogens (primary N) is 2. The highest BCUT2D eigenvalue weighted by molar-refractivity contribution is 5.36. The van der Waals surface area contributed by atoms with Crippen molar-refractivity contribution < 1.29 is 0 Å². The van der Waals surface area contributed by atoms with Gasteiger partial charge in [-0.25, -0.2) is 0 Å². The highest BCUT2D eigenvalue weighted by Crippen LogP contribution is 2.47. The second-order valence-electron chi connectivity index (χ2n) is 4.82. The fourth-order valence-electron chi connectivity index (χ4n) is 2.40. The molecule has 2 atom stereocenters. The summed E-state index contributed by atoms with van der Waals surface area (Å²) in [5, 5.41) is 0. The summed E-state index contributed by atoms with van der Waals surface area (Å²) in [5.74, 6) is 1.23. The summed E-state index contributed by atoms with van der Waals surface area (Å²) < 4.78 is 0. The van der Waals surface area contributed by atoms with E-state index in [-0.39, 0.29) is 0 Å². The number of benzene rings is 1. The molecule has 1 aliphatic rings. The van der Waals surface area contributed by atoms with Gasteiger partial charge in [-0.1, -0.05) is 43.0 Å². The van der Waals surface area contributed by atoms with Crippen LogP contribution >= 0.6 is 0 Å². The maximum atomic E-state index is 5.84. The van der Waals surface area contributed by atoms with Gasteiger partial charge in [0.25, 0.3) is 0 Å². The second kappa shape index (κ2) is 5.58. The largest absolute Gasteiger partial charge is 0.405 e. The molecule has 2 heteroatoms. The Morgan fingerprint density at radius 2 is 2.06 bits per heavy atom. The van der Waals surface area contributed by atoms with E-state index in [0.29, 0.717) is 17.5 Å². The molecule has 0 spiro atoms. The highest BCUT2D eigenvalue weighted by atomic mass is 14.6. The lowest BCUT2D eigenvalue weighted by molar-refractivity contribution is 0.764. The van der Waals surface area contributed by atoms with E-state index < -0.39 is 0 Å². The smallest absolute Gasteiger partial charge is 0.0276 e. The van der Waals surface area contributed by atoms with Gasteiger partial charge in [0.05, 0.1) is 0 Å². The van der Waals surface area contributed by atoms with E-state index >= 15 is 0 Å². The van der Waals surface area contributed by atoms with Crippen LogP contribution in [0, 0.1) is 11.8 Å². The molecule has 0 aliphatic heterocycles. The number of rotatable bonds is 5. The van der Waals surface area contributed by atoms with Gasteiger partial charge in [0.15, 0.2) is 0 Å². The standard InChI is InChI=1S/C16H20N2/c1-12(18)15(8-5-9-17)16-11-14(16)10-13-6-3-2-4-7-13/h2-9,14,16H,1,10-11,17-18H2/b9-5-,15-8+/t14-,16+/m1/s1. The van der Waals surface area contributed by atoms with Crippen molar-refractivity contribution in [2.75, 3.05) is 0 Å². The minimum Gasteiger partial charge on any atom is -0.405 e. The van der Waals surface area contributed by atoms with E-state index in [1.807, 2.05) is 18.2 Å². The topological polar surface area (TPSA) is 52.0 Å². The van der Waals surface area contributed by atoms with Gasteiger partial charge in [0.2, 0.25) is 0 Å². The van der Waals surface area contributed by atoms with Crippen LogP contribution in [0.15, 0.2) is 66.5 Å². The van der Waals surface area contributed by atoms with Gasteiger partial charge in [-0.3, -0.25) is 0 Å². The van der Waals surface area contributed by atoms with Crippen molar-refractivity contribution in [1.29, 1.82) is 0 Å². The Kier molecular flexibility index (Phi) is 3.88. The van der Waals surface area contributed by atoms with Gasteiger partial charge in [0.1, 0.15) is 0 Å². The molecule has 94 valence electrons. The van der Waals surface area contributed by atoms with Gasteiger partial charge in [-0.15, -0.1) is 0 Å². The molecule has 0 aromatic heterocycles. The minimum atomic E-state index is 0.541. The quantitative estimate of drug-likeness (QED) is 0.777. The van der Waals surface area contributed by atoms with Crippen molar-refractivity contribution in [2.24, 2.45) is 23.3 Å². The van der Waals surface area contributed by atoms with Crippen molar-refractivity contribution in [3.63, 3.8) is 0 Å². The molecule has 1 fully saturated rings. The van der Waals surface area contributed by atoms with Crippen molar-refractivity contribution in [1.82, 2.24) is 0 Å². The molecule has 4 N–H and O–H groups in total. The van der Waals surface area contributed by atoms with E-state index in [1.54, 1.807) is 0 Å². The van der Waals surface area contributed by atoms with Crippen LogP contribution < -0.4 is 11.5 Å². The van der Waals surface area contributed by atoms with Crippen LogP contribution in [0.5, 0.6) is 0 Å². The zero-order valence-electron chi connectivity index (χ0n) is 10.5. The van der Waals surface area contributed by atoms with E-state index in [9.17, 15) is 0 Å². The van der Waals surface area contributed by atoms with Crippen LogP contribution in [-0.4, -0.2) is 0 Å². The predicted octanol–water partition coefficient (Wildman–Crippen LogP) is 2.74.